The number of ether oxygens (including phenoxy) is 1. The average Bonchev–Trinajstić information content (AvgIpc) is 2.40. The van der Waals surface area contributed by atoms with Crippen LogP contribution >= 0.6 is 34.8 Å². The number of likely N-dealkylation sites (N-methyl/N-ethyl adjacent to an activating group) is 1. The van der Waals surface area contributed by atoms with E-state index in [1.807, 2.05) is 0 Å². The van der Waals surface area contributed by atoms with Crippen molar-refractivity contribution in [2.45, 2.75) is 6.54 Å². The predicted octanol–water partition coefficient (Wildman–Crippen LogP) is 3.31. The van der Waals surface area contributed by atoms with E-state index in [4.69, 9.17) is 39.5 Å². The van der Waals surface area contributed by atoms with Crippen molar-refractivity contribution in [2.24, 2.45) is 0 Å². The van der Waals surface area contributed by atoms with Crippen LogP contribution in [0.15, 0.2) is 12.1 Å². The first-order valence-corrected chi connectivity index (χ1v) is 7.20. The van der Waals surface area contributed by atoms with Gasteiger partial charge in [0.25, 0.3) is 0 Å². The van der Waals surface area contributed by atoms with E-state index in [-0.39, 0.29) is 0 Å². The molecule has 6 heteroatoms. The van der Waals surface area contributed by atoms with Crippen LogP contribution in [0.5, 0.6) is 0 Å². The number of halogens is 3. The van der Waals surface area contributed by atoms with E-state index in [2.05, 4.69) is 17.3 Å². The molecule has 19 heavy (non-hydrogen) atoms. The van der Waals surface area contributed by atoms with Crippen LogP contribution < -0.4 is 5.32 Å². The molecule has 0 amide bonds. The monoisotopic (exact) mass is 324 g/mol. The summed E-state index contributed by atoms with van der Waals surface area (Å²) in [7, 11) is 3.76. The standard InChI is InChI=1S/C13H19Cl3N2O/c1-18(7-8-19-2)6-5-17-9-10-11(14)3-4-12(15)13(10)16/h3-4,17H,5-9H2,1-2H3. The summed E-state index contributed by atoms with van der Waals surface area (Å²) in [5, 5.41) is 4.99. The molecule has 0 saturated heterocycles. The Labute approximate surface area is 129 Å². The van der Waals surface area contributed by atoms with Crippen LogP contribution in [0.2, 0.25) is 15.1 Å². The Morgan fingerprint density at radius 2 is 1.84 bits per heavy atom. The maximum atomic E-state index is 6.13. The van der Waals surface area contributed by atoms with Crippen LogP contribution in [0.25, 0.3) is 0 Å². The predicted molar refractivity (Wildman–Crippen MR) is 82.6 cm³/mol. The summed E-state index contributed by atoms with van der Waals surface area (Å²) in [6.07, 6.45) is 0. The van der Waals surface area contributed by atoms with Gasteiger partial charge in [0.05, 0.1) is 16.7 Å². The second-order valence-corrected chi connectivity index (χ2v) is 5.49. The second kappa shape index (κ2) is 9.01. The minimum Gasteiger partial charge on any atom is -0.383 e. The average molecular weight is 326 g/mol. The van der Waals surface area contributed by atoms with Crippen LogP contribution in [-0.4, -0.2) is 45.3 Å². The van der Waals surface area contributed by atoms with Gasteiger partial charge in [0.1, 0.15) is 0 Å². The summed E-state index contributed by atoms with van der Waals surface area (Å²) in [6, 6.07) is 3.46. The van der Waals surface area contributed by atoms with Crippen LogP contribution in [0, 0.1) is 0 Å². The van der Waals surface area contributed by atoms with Crippen molar-refractivity contribution in [1.82, 2.24) is 10.2 Å². The van der Waals surface area contributed by atoms with E-state index in [9.17, 15) is 0 Å². The van der Waals surface area contributed by atoms with E-state index in [0.717, 1.165) is 31.8 Å². The van der Waals surface area contributed by atoms with Crippen LogP contribution in [-0.2, 0) is 11.3 Å². The molecule has 0 saturated carbocycles. The molecule has 0 bridgehead atoms. The Morgan fingerprint density at radius 3 is 2.53 bits per heavy atom. The molecule has 1 aromatic carbocycles. The Bertz CT molecular complexity index is 402. The van der Waals surface area contributed by atoms with Crippen LogP contribution in [0.1, 0.15) is 5.56 Å². The van der Waals surface area contributed by atoms with Gasteiger partial charge < -0.3 is 15.0 Å². The lowest BCUT2D eigenvalue weighted by atomic mass is 10.2. The zero-order valence-corrected chi connectivity index (χ0v) is 13.4. The lowest BCUT2D eigenvalue weighted by Crippen LogP contribution is -2.31. The summed E-state index contributed by atoms with van der Waals surface area (Å²) >= 11 is 18.2. The van der Waals surface area contributed by atoms with E-state index in [0.29, 0.717) is 21.6 Å². The van der Waals surface area contributed by atoms with Gasteiger partial charge in [0, 0.05) is 43.9 Å². The summed E-state index contributed by atoms with van der Waals surface area (Å²) in [5.74, 6) is 0. The van der Waals surface area contributed by atoms with Gasteiger partial charge in [-0.2, -0.15) is 0 Å². The molecule has 0 aliphatic heterocycles. The number of hydrogen-bond acceptors (Lipinski definition) is 3. The minimum atomic E-state index is 0.523. The van der Waals surface area contributed by atoms with Crippen molar-refractivity contribution >= 4 is 34.8 Å². The first kappa shape index (κ1) is 17.0. The normalized spacial score (nSPS) is 11.3. The van der Waals surface area contributed by atoms with Gasteiger partial charge >= 0.3 is 0 Å². The molecule has 0 unspecified atom stereocenters. The molecule has 3 nitrogen and oxygen atoms in total. The fourth-order valence-electron chi connectivity index (χ4n) is 1.57. The van der Waals surface area contributed by atoms with Gasteiger partial charge in [-0.05, 0) is 19.2 Å². The molecule has 0 spiro atoms. The lowest BCUT2D eigenvalue weighted by Gasteiger charge is -2.16. The van der Waals surface area contributed by atoms with Gasteiger partial charge in [0.2, 0.25) is 0 Å². The Hall–Kier alpha value is -0.0300. The van der Waals surface area contributed by atoms with Crippen molar-refractivity contribution in [1.29, 1.82) is 0 Å². The van der Waals surface area contributed by atoms with Gasteiger partial charge in [0.15, 0.2) is 0 Å². The summed E-state index contributed by atoms with van der Waals surface area (Å²) < 4.78 is 5.02. The van der Waals surface area contributed by atoms with Gasteiger partial charge in [-0.25, -0.2) is 0 Å². The summed E-state index contributed by atoms with van der Waals surface area (Å²) in [6.45, 7) is 4.04. The number of benzene rings is 1. The molecule has 1 aromatic rings. The van der Waals surface area contributed by atoms with Crippen molar-refractivity contribution < 1.29 is 4.74 Å². The molecular formula is C13H19Cl3N2O. The molecule has 0 heterocycles. The number of rotatable bonds is 8. The molecule has 0 atom stereocenters. The zero-order valence-electron chi connectivity index (χ0n) is 11.2. The SMILES string of the molecule is COCCN(C)CCNCc1c(Cl)ccc(Cl)c1Cl. The van der Waals surface area contributed by atoms with Crippen LogP contribution in [0.3, 0.4) is 0 Å². The van der Waals surface area contributed by atoms with E-state index in [1.54, 1.807) is 19.2 Å². The molecule has 0 aliphatic carbocycles. The second-order valence-electron chi connectivity index (χ2n) is 4.29. The quantitative estimate of drug-likeness (QED) is 0.586. The fourth-order valence-corrected chi connectivity index (χ4v) is 2.25. The third-order valence-electron chi connectivity index (χ3n) is 2.79. The minimum absolute atomic E-state index is 0.523. The van der Waals surface area contributed by atoms with Crippen molar-refractivity contribution in [3.05, 3.63) is 32.8 Å². The van der Waals surface area contributed by atoms with Gasteiger partial charge in [-0.15, -0.1) is 0 Å². The molecule has 1 N–H and O–H groups in total. The number of hydrogen-bond donors (Lipinski definition) is 1. The van der Waals surface area contributed by atoms with E-state index >= 15 is 0 Å². The van der Waals surface area contributed by atoms with Gasteiger partial charge in [-0.3, -0.25) is 0 Å². The largest absolute Gasteiger partial charge is 0.383 e. The summed E-state index contributed by atoms with van der Waals surface area (Å²) in [4.78, 5) is 2.19. The molecule has 0 aliphatic rings. The van der Waals surface area contributed by atoms with Crippen molar-refractivity contribution in [3.63, 3.8) is 0 Å². The Balaban J connectivity index is 2.36. The highest BCUT2D eigenvalue weighted by Crippen LogP contribution is 2.31. The summed E-state index contributed by atoms with van der Waals surface area (Å²) in [5.41, 5.74) is 0.843. The van der Waals surface area contributed by atoms with Crippen LogP contribution in [0.4, 0.5) is 0 Å². The number of nitrogens with zero attached hydrogens (tertiary/aromatic N) is 1. The molecule has 108 valence electrons. The van der Waals surface area contributed by atoms with Crippen molar-refractivity contribution in [3.8, 4) is 0 Å². The zero-order chi connectivity index (χ0) is 14.3. The van der Waals surface area contributed by atoms with Gasteiger partial charge in [-0.1, -0.05) is 34.8 Å². The topological polar surface area (TPSA) is 24.5 Å². The smallest absolute Gasteiger partial charge is 0.0652 e. The fraction of sp³-hybridized carbons (Fsp3) is 0.538. The Kier molecular flexibility index (Phi) is 8.07. The Morgan fingerprint density at radius 1 is 1.16 bits per heavy atom. The maximum Gasteiger partial charge on any atom is 0.0652 e. The molecule has 0 aromatic heterocycles. The highest BCUT2D eigenvalue weighted by Gasteiger charge is 2.09. The van der Waals surface area contributed by atoms with E-state index < -0.39 is 0 Å². The first-order valence-electron chi connectivity index (χ1n) is 6.06. The number of nitrogens with one attached hydrogen (secondary N) is 1. The third-order valence-corrected chi connectivity index (χ3v) is 3.99. The molecular weight excluding hydrogens is 307 g/mol. The number of methoxy groups -OCH3 is 1. The third kappa shape index (κ3) is 5.86. The lowest BCUT2D eigenvalue weighted by molar-refractivity contribution is 0.161. The highest BCUT2D eigenvalue weighted by molar-refractivity contribution is 6.44. The maximum absolute atomic E-state index is 6.13. The molecule has 1 rings (SSSR count). The van der Waals surface area contributed by atoms with E-state index in [1.165, 1.54) is 0 Å². The first-order chi connectivity index (χ1) is 9.06. The highest BCUT2D eigenvalue weighted by atomic mass is 35.5. The molecule has 0 radical (unpaired) electrons. The van der Waals surface area contributed by atoms with Crippen molar-refractivity contribution in [2.75, 3.05) is 40.4 Å². The molecule has 0 fully saturated rings.